The summed E-state index contributed by atoms with van der Waals surface area (Å²) in [5.74, 6) is -0.843. The fourth-order valence-corrected chi connectivity index (χ4v) is 5.42. The fraction of sp³-hybridized carbons (Fsp3) is 0.381. The Hall–Kier alpha value is -3.22. The molecule has 11 nitrogen and oxygen atoms in total. The average molecular weight is 477 g/mol. The zero-order chi connectivity index (χ0) is 23.6. The number of fused-ring (bicyclic) bond motifs is 1. The van der Waals surface area contributed by atoms with Crippen LogP contribution in [0.2, 0.25) is 0 Å². The summed E-state index contributed by atoms with van der Waals surface area (Å²) in [5, 5.41) is 14.9. The molecule has 176 valence electrons. The minimum Gasteiger partial charge on any atom is -0.489 e. The van der Waals surface area contributed by atoms with Crippen LogP contribution in [0.5, 0.6) is 5.75 Å². The predicted octanol–water partition coefficient (Wildman–Crippen LogP) is 1.42. The van der Waals surface area contributed by atoms with Gasteiger partial charge >= 0.3 is 0 Å². The number of anilines is 1. The van der Waals surface area contributed by atoms with Crippen molar-refractivity contribution in [3.8, 4) is 5.75 Å². The molecule has 0 saturated carbocycles. The Bertz CT molecular complexity index is 1180. The fourth-order valence-electron chi connectivity index (χ4n) is 3.92. The number of sulfone groups is 1. The first-order valence-corrected chi connectivity index (χ1v) is 11.9. The van der Waals surface area contributed by atoms with Gasteiger partial charge in [-0.15, -0.1) is 0 Å². The number of morpholine rings is 1. The highest BCUT2D eigenvalue weighted by Crippen LogP contribution is 2.41. The lowest BCUT2D eigenvalue weighted by Gasteiger charge is -2.31. The van der Waals surface area contributed by atoms with Crippen LogP contribution in [0.15, 0.2) is 46.2 Å². The summed E-state index contributed by atoms with van der Waals surface area (Å²) >= 11 is 0. The minimum absolute atomic E-state index is 0.0713. The van der Waals surface area contributed by atoms with E-state index in [2.05, 4.69) is 10.2 Å². The van der Waals surface area contributed by atoms with Crippen LogP contribution in [0, 0.1) is 10.1 Å². The van der Waals surface area contributed by atoms with E-state index >= 15 is 0 Å². The van der Waals surface area contributed by atoms with Crippen LogP contribution in [-0.2, 0) is 14.6 Å². The number of primary amides is 1. The van der Waals surface area contributed by atoms with Crippen molar-refractivity contribution in [2.45, 2.75) is 22.3 Å². The van der Waals surface area contributed by atoms with Gasteiger partial charge < -0.3 is 20.5 Å². The number of amides is 1. The van der Waals surface area contributed by atoms with Crippen molar-refractivity contribution >= 4 is 27.1 Å². The largest absolute Gasteiger partial charge is 0.489 e. The van der Waals surface area contributed by atoms with E-state index in [1.807, 2.05) is 0 Å². The highest BCUT2D eigenvalue weighted by Gasteiger charge is 2.32. The van der Waals surface area contributed by atoms with E-state index in [1.165, 1.54) is 30.3 Å². The molecule has 1 atom stereocenters. The number of ether oxygens (including phenoxy) is 2. The summed E-state index contributed by atoms with van der Waals surface area (Å²) in [4.78, 5) is 24.4. The van der Waals surface area contributed by atoms with Gasteiger partial charge in [0.15, 0.2) is 11.4 Å². The number of nitrogens with one attached hydrogen (secondary N) is 1. The summed E-state index contributed by atoms with van der Waals surface area (Å²) in [5.41, 5.74) is 4.85. The molecule has 0 unspecified atom stereocenters. The number of nitrogens with two attached hydrogens (primary N) is 1. The molecule has 1 amide bonds. The Labute approximate surface area is 190 Å². The maximum atomic E-state index is 13.2. The Morgan fingerprint density at radius 2 is 1.97 bits per heavy atom. The Morgan fingerprint density at radius 1 is 1.24 bits per heavy atom. The first-order valence-electron chi connectivity index (χ1n) is 10.4. The summed E-state index contributed by atoms with van der Waals surface area (Å²) in [6.07, 6.45) is 0.697. The molecule has 3 N–H and O–H groups in total. The third-order valence-corrected chi connectivity index (χ3v) is 7.48. The highest BCUT2D eigenvalue weighted by molar-refractivity contribution is 7.91. The maximum absolute atomic E-state index is 13.2. The molecule has 0 radical (unpaired) electrons. The van der Waals surface area contributed by atoms with E-state index < -0.39 is 26.4 Å². The van der Waals surface area contributed by atoms with Gasteiger partial charge in [-0.25, -0.2) is 8.42 Å². The average Bonchev–Trinajstić information content (AvgIpc) is 2.82. The second-order valence-electron chi connectivity index (χ2n) is 7.83. The van der Waals surface area contributed by atoms with Crippen LogP contribution in [0.1, 0.15) is 16.8 Å². The number of nitrogens with zero attached hydrogens (tertiary/aromatic N) is 2. The monoisotopic (exact) mass is 476 g/mol. The first kappa shape index (κ1) is 23.0. The number of carbonyl (C=O) groups is 1. The molecule has 1 fully saturated rings. The lowest BCUT2D eigenvalue weighted by molar-refractivity contribution is -0.384. The van der Waals surface area contributed by atoms with Gasteiger partial charge in [-0.2, -0.15) is 0 Å². The molecule has 1 saturated heterocycles. The van der Waals surface area contributed by atoms with E-state index in [0.29, 0.717) is 19.6 Å². The van der Waals surface area contributed by atoms with Gasteiger partial charge in [-0.1, -0.05) is 12.1 Å². The van der Waals surface area contributed by atoms with Crippen LogP contribution >= 0.6 is 0 Å². The SMILES string of the molecule is NC(=O)c1ccccc1S(=O)(=O)c1cc2c(c([N+](=O)[O-])c1)N[C@H](CCN1CCOCC1)CO2. The van der Waals surface area contributed by atoms with Crippen LogP contribution in [0.25, 0.3) is 0 Å². The first-order chi connectivity index (χ1) is 15.8. The number of hydrogen-bond donors (Lipinski definition) is 2. The lowest BCUT2D eigenvalue weighted by atomic mass is 10.1. The lowest BCUT2D eigenvalue weighted by Crippen LogP contribution is -2.40. The van der Waals surface area contributed by atoms with Crippen molar-refractivity contribution in [3.05, 3.63) is 52.1 Å². The quantitative estimate of drug-likeness (QED) is 0.446. The van der Waals surface area contributed by atoms with E-state index in [9.17, 15) is 23.3 Å². The molecule has 0 spiro atoms. The van der Waals surface area contributed by atoms with Crippen molar-refractivity contribution in [1.29, 1.82) is 0 Å². The topological polar surface area (TPSA) is 154 Å². The molecule has 2 aliphatic rings. The molecule has 2 aromatic carbocycles. The van der Waals surface area contributed by atoms with Crippen molar-refractivity contribution in [2.75, 3.05) is 44.8 Å². The van der Waals surface area contributed by atoms with E-state index in [-0.39, 0.29) is 39.4 Å². The summed E-state index contributed by atoms with van der Waals surface area (Å²) in [7, 11) is -4.27. The second kappa shape index (κ2) is 9.33. The second-order valence-corrected chi connectivity index (χ2v) is 9.75. The highest BCUT2D eigenvalue weighted by atomic mass is 32.2. The molecule has 2 heterocycles. The van der Waals surface area contributed by atoms with E-state index in [1.54, 1.807) is 0 Å². The molecule has 0 aliphatic carbocycles. The van der Waals surface area contributed by atoms with Crippen molar-refractivity contribution in [1.82, 2.24) is 4.90 Å². The molecule has 2 aromatic rings. The van der Waals surface area contributed by atoms with Crippen molar-refractivity contribution in [3.63, 3.8) is 0 Å². The maximum Gasteiger partial charge on any atom is 0.297 e. The number of nitro groups is 1. The molecule has 2 aliphatic heterocycles. The Morgan fingerprint density at radius 3 is 2.67 bits per heavy atom. The molecule has 33 heavy (non-hydrogen) atoms. The van der Waals surface area contributed by atoms with Gasteiger partial charge in [0, 0.05) is 31.8 Å². The van der Waals surface area contributed by atoms with Gasteiger partial charge in [-0.3, -0.25) is 19.8 Å². The number of nitro benzene ring substituents is 1. The molecule has 0 bridgehead atoms. The molecular formula is C21H24N4O7S. The third-order valence-electron chi connectivity index (χ3n) is 5.69. The predicted molar refractivity (Wildman–Crippen MR) is 118 cm³/mol. The standard InChI is InChI=1S/C21H24N4O7S/c22-21(26)16-3-1-2-4-19(16)33(29,30)15-11-17(25(27)28)20-18(12-15)32-13-14(23-20)5-6-24-7-9-31-10-8-24/h1-4,11-12,14,23H,5-10,13H2,(H2,22,26)/t14-/m1/s1. The van der Waals surface area contributed by atoms with Gasteiger partial charge in [0.05, 0.1) is 39.5 Å². The Balaban J connectivity index is 1.63. The number of carbonyl (C=O) groups excluding carboxylic acids is 1. The van der Waals surface area contributed by atoms with Crippen LogP contribution in [0.3, 0.4) is 0 Å². The number of rotatable bonds is 7. The minimum atomic E-state index is -4.27. The number of benzene rings is 2. The molecular weight excluding hydrogens is 452 g/mol. The van der Waals surface area contributed by atoms with Crippen molar-refractivity contribution in [2.24, 2.45) is 5.73 Å². The zero-order valence-electron chi connectivity index (χ0n) is 17.7. The normalized spacial score (nSPS) is 18.6. The van der Waals surface area contributed by atoms with Crippen molar-refractivity contribution < 1.29 is 27.6 Å². The smallest absolute Gasteiger partial charge is 0.297 e. The summed E-state index contributed by atoms with van der Waals surface area (Å²) in [6.45, 7) is 4.04. The molecule has 0 aromatic heterocycles. The van der Waals surface area contributed by atoms with Gasteiger partial charge in [0.2, 0.25) is 15.7 Å². The summed E-state index contributed by atoms with van der Waals surface area (Å²) < 4.78 is 37.6. The Kier molecular flexibility index (Phi) is 6.49. The van der Waals surface area contributed by atoms with Crippen LogP contribution in [-0.4, -0.2) is 69.6 Å². The third kappa shape index (κ3) is 4.77. The zero-order valence-corrected chi connectivity index (χ0v) is 18.5. The summed E-state index contributed by atoms with van der Waals surface area (Å²) in [6, 6.07) is 7.51. The van der Waals surface area contributed by atoms with Gasteiger partial charge in [-0.05, 0) is 18.6 Å². The van der Waals surface area contributed by atoms with E-state index in [0.717, 1.165) is 25.7 Å². The van der Waals surface area contributed by atoms with E-state index in [4.69, 9.17) is 15.2 Å². The van der Waals surface area contributed by atoms with Gasteiger partial charge in [0.1, 0.15) is 6.61 Å². The molecule has 4 rings (SSSR count). The van der Waals surface area contributed by atoms with Crippen LogP contribution in [0.4, 0.5) is 11.4 Å². The number of hydrogen-bond acceptors (Lipinski definition) is 9. The molecule has 12 heteroatoms. The van der Waals surface area contributed by atoms with Crippen LogP contribution < -0.4 is 15.8 Å². The van der Waals surface area contributed by atoms with Gasteiger partial charge in [0.25, 0.3) is 5.69 Å².